The summed E-state index contributed by atoms with van der Waals surface area (Å²) in [4.78, 5) is 12.4. The number of nitrogens with zero attached hydrogens (tertiary/aromatic N) is 2. The Morgan fingerprint density at radius 2 is 1.81 bits per heavy atom. The number of hydrogen-bond acceptors (Lipinski definition) is 6. The van der Waals surface area contributed by atoms with Gasteiger partial charge in [-0.25, -0.2) is 13.8 Å². The standard InChI is InChI=1S/C26H28ClN3O5S/c1-4-34-25-15-21(10-13-24(25)35-18-20-8-11-22(27)12-9-20)16-28-29-26(31)17-30(36(3,32)33)23-7-5-6-19(2)14-23/h5-16H,4,17-18H2,1-3H3,(H,29,31)/b28-16-. The largest absolute Gasteiger partial charge is 0.490 e. The predicted octanol–water partition coefficient (Wildman–Crippen LogP) is 4.54. The smallest absolute Gasteiger partial charge is 0.260 e. The molecule has 190 valence electrons. The molecule has 36 heavy (non-hydrogen) atoms. The highest BCUT2D eigenvalue weighted by atomic mass is 35.5. The molecule has 0 bridgehead atoms. The van der Waals surface area contributed by atoms with Crippen LogP contribution in [-0.2, 0) is 21.4 Å². The van der Waals surface area contributed by atoms with Crippen LogP contribution in [0.4, 0.5) is 5.69 Å². The molecule has 8 nitrogen and oxygen atoms in total. The topological polar surface area (TPSA) is 97.3 Å². The van der Waals surface area contributed by atoms with Gasteiger partial charge in [-0.15, -0.1) is 0 Å². The van der Waals surface area contributed by atoms with E-state index < -0.39 is 22.5 Å². The van der Waals surface area contributed by atoms with E-state index in [1.807, 2.05) is 32.0 Å². The van der Waals surface area contributed by atoms with Crippen LogP contribution >= 0.6 is 11.6 Å². The van der Waals surface area contributed by atoms with E-state index in [9.17, 15) is 13.2 Å². The molecule has 3 aromatic carbocycles. The molecule has 3 rings (SSSR count). The number of aryl methyl sites for hydroxylation is 1. The van der Waals surface area contributed by atoms with Gasteiger partial charge in [0.2, 0.25) is 10.0 Å². The summed E-state index contributed by atoms with van der Waals surface area (Å²) in [5.41, 5.74) is 5.29. The van der Waals surface area contributed by atoms with Crippen molar-refractivity contribution in [3.63, 3.8) is 0 Å². The third kappa shape index (κ3) is 8.00. The molecule has 0 radical (unpaired) electrons. The summed E-state index contributed by atoms with van der Waals surface area (Å²) in [5.74, 6) is 0.519. The molecule has 1 amide bonds. The van der Waals surface area contributed by atoms with Gasteiger partial charge in [0.05, 0.1) is 24.8 Å². The minimum absolute atomic E-state index is 0.346. The Labute approximate surface area is 216 Å². The summed E-state index contributed by atoms with van der Waals surface area (Å²) in [6, 6.07) is 19.5. The van der Waals surface area contributed by atoms with Crippen LogP contribution in [0.1, 0.15) is 23.6 Å². The molecule has 0 heterocycles. The van der Waals surface area contributed by atoms with Crippen LogP contribution in [-0.4, -0.2) is 39.9 Å². The van der Waals surface area contributed by atoms with Crippen LogP contribution in [0.2, 0.25) is 5.02 Å². The first-order valence-electron chi connectivity index (χ1n) is 11.2. The molecule has 0 atom stereocenters. The molecule has 1 N–H and O–H groups in total. The highest BCUT2D eigenvalue weighted by Crippen LogP contribution is 2.29. The summed E-state index contributed by atoms with van der Waals surface area (Å²) in [5, 5.41) is 4.62. The molecule has 0 aliphatic heterocycles. The quantitative estimate of drug-likeness (QED) is 0.290. The van der Waals surface area contributed by atoms with E-state index in [1.165, 1.54) is 6.21 Å². The lowest BCUT2D eigenvalue weighted by molar-refractivity contribution is -0.119. The fraction of sp³-hybridized carbons (Fsp3) is 0.231. The van der Waals surface area contributed by atoms with E-state index in [-0.39, 0.29) is 0 Å². The highest BCUT2D eigenvalue weighted by Gasteiger charge is 2.20. The Hall–Kier alpha value is -3.56. The fourth-order valence-corrected chi connectivity index (χ4v) is 4.24. The molecule has 0 fully saturated rings. The lowest BCUT2D eigenvalue weighted by Gasteiger charge is -2.21. The maximum atomic E-state index is 12.4. The lowest BCUT2D eigenvalue weighted by Crippen LogP contribution is -2.39. The van der Waals surface area contributed by atoms with Gasteiger partial charge in [-0.3, -0.25) is 9.10 Å². The number of carbonyl (C=O) groups excluding carboxylic acids is 1. The van der Waals surface area contributed by atoms with E-state index in [0.29, 0.717) is 41.0 Å². The molecule has 3 aromatic rings. The van der Waals surface area contributed by atoms with Crippen LogP contribution in [0.3, 0.4) is 0 Å². The number of sulfonamides is 1. The molecule has 0 unspecified atom stereocenters. The Morgan fingerprint density at radius 3 is 2.47 bits per heavy atom. The van der Waals surface area contributed by atoms with Gasteiger partial charge in [-0.2, -0.15) is 5.10 Å². The normalized spacial score (nSPS) is 11.3. The zero-order chi connectivity index (χ0) is 26.1. The van der Waals surface area contributed by atoms with E-state index in [1.54, 1.807) is 48.5 Å². The Bertz CT molecular complexity index is 1330. The van der Waals surface area contributed by atoms with Crippen LogP contribution in [0.15, 0.2) is 71.8 Å². The molecule has 0 aromatic heterocycles. The van der Waals surface area contributed by atoms with Crippen molar-refractivity contribution in [3.05, 3.63) is 88.4 Å². The van der Waals surface area contributed by atoms with Gasteiger partial charge in [0, 0.05) is 5.02 Å². The molecule has 0 saturated carbocycles. The van der Waals surface area contributed by atoms with Crippen molar-refractivity contribution in [2.45, 2.75) is 20.5 Å². The van der Waals surface area contributed by atoms with Crippen molar-refractivity contribution in [2.75, 3.05) is 23.7 Å². The van der Waals surface area contributed by atoms with Crippen molar-refractivity contribution in [1.82, 2.24) is 5.43 Å². The summed E-state index contributed by atoms with van der Waals surface area (Å²) >= 11 is 5.92. The molecule has 0 aliphatic carbocycles. The van der Waals surface area contributed by atoms with Gasteiger partial charge in [-0.05, 0) is 73.0 Å². The summed E-state index contributed by atoms with van der Waals surface area (Å²) in [6.07, 6.45) is 2.50. The van der Waals surface area contributed by atoms with Crippen molar-refractivity contribution < 1.29 is 22.7 Å². The molecule has 10 heteroatoms. The monoisotopic (exact) mass is 529 g/mol. The molecule has 0 spiro atoms. The van der Waals surface area contributed by atoms with Crippen LogP contribution in [0.5, 0.6) is 11.5 Å². The summed E-state index contributed by atoms with van der Waals surface area (Å²) < 4.78 is 37.1. The number of benzene rings is 3. The minimum atomic E-state index is -3.67. The SMILES string of the molecule is CCOc1cc(/C=N\NC(=O)CN(c2cccc(C)c2)S(C)(=O)=O)ccc1OCc1ccc(Cl)cc1. The van der Waals surface area contributed by atoms with Crippen molar-refractivity contribution in [3.8, 4) is 11.5 Å². The second kappa shape index (κ2) is 12.4. The van der Waals surface area contributed by atoms with E-state index in [0.717, 1.165) is 21.7 Å². The second-order valence-corrected chi connectivity index (χ2v) is 10.3. The fourth-order valence-electron chi connectivity index (χ4n) is 3.26. The molecule has 0 aliphatic rings. The average Bonchev–Trinajstić information content (AvgIpc) is 2.82. The van der Waals surface area contributed by atoms with Gasteiger partial charge in [-0.1, -0.05) is 35.9 Å². The average molecular weight is 530 g/mol. The summed E-state index contributed by atoms with van der Waals surface area (Å²) in [6.45, 7) is 4.10. The number of ether oxygens (including phenoxy) is 2. The second-order valence-electron chi connectivity index (χ2n) is 7.96. The number of halogens is 1. The zero-order valence-corrected chi connectivity index (χ0v) is 21.8. The van der Waals surface area contributed by atoms with Crippen LogP contribution < -0.4 is 19.2 Å². The first kappa shape index (κ1) is 27.0. The number of carbonyl (C=O) groups is 1. The number of hydrogen-bond donors (Lipinski definition) is 1. The molecular formula is C26H28ClN3O5S. The van der Waals surface area contributed by atoms with Crippen LogP contribution in [0.25, 0.3) is 0 Å². The van der Waals surface area contributed by atoms with Crippen molar-refractivity contribution in [2.24, 2.45) is 5.10 Å². The highest BCUT2D eigenvalue weighted by molar-refractivity contribution is 7.92. The van der Waals surface area contributed by atoms with Gasteiger partial charge >= 0.3 is 0 Å². The van der Waals surface area contributed by atoms with Crippen LogP contribution in [0, 0.1) is 6.92 Å². The van der Waals surface area contributed by atoms with Gasteiger partial charge < -0.3 is 9.47 Å². The third-order valence-electron chi connectivity index (χ3n) is 4.96. The molecule has 0 saturated heterocycles. The Balaban J connectivity index is 1.65. The van der Waals surface area contributed by atoms with Gasteiger partial charge in [0.25, 0.3) is 5.91 Å². The maximum Gasteiger partial charge on any atom is 0.260 e. The zero-order valence-electron chi connectivity index (χ0n) is 20.3. The number of hydrazone groups is 1. The third-order valence-corrected chi connectivity index (χ3v) is 6.35. The van der Waals surface area contributed by atoms with E-state index >= 15 is 0 Å². The van der Waals surface area contributed by atoms with Crippen molar-refractivity contribution >= 4 is 39.4 Å². The van der Waals surface area contributed by atoms with E-state index in [2.05, 4.69) is 10.5 Å². The Kier molecular flexibility index (Phi) is 9.32. The first-order chi connectivity index (χ1) is 17.2. The minimum Gasteiger partial charge on any atom is -0.490 e. The number of amides is 1. The maximum absolute atomic E-state index is 12.4. The van der Waals surface area contributed by atoms with Gasteiger partial charge in [0.15, 0.2) is 11.5 Å². The lowest BCUT2D eigenvalue weighted by atomic mass is 10.2. The van der Waals surface area contributed by atoms with Gasteiger partial charge in [0.1, 0.15) is 13.2 Å². The number of rotatable bonds is 11. The summed E-state index contributed by atoms with van der Waals surface area (Å²) in [7, 11) is -3.67. The first-order valence-corrected chi connectivity index (χ1v) is 13.4. The molecular weight excluding hydrogens is 502 g/mol. The van der Waals surface area contributed by atoms with Crippen molar-refractivity contribution in [1.29, 1.82) is 0 Å². The number of anilines is 1. The van der Waals surface area contributed by atoms with E-state index in [4.69, 9.17) is 21.1 Å². The predicted molar refractivity (Wildman–Crippen MR) is 143 cm³/mol. The Morgan fingerprint density at radius 1 is 1.06 bits per heavy atom. The number of nitrogens with one attached hydrogen (secondary N) is 1.